The molecule has 0 fully saturated rings. The number of hydrogen-bond acceptors (Lipinski definition) is 4. The van der Waals surface area contributed by atoms with Gasteiger partial charge in [-0.1, -0.05) is 12.1 Å². The molecule has 0 unspecified atom stereocenters. The second kappa shape index (κ2) is 7.88. The third-order valence-corrected chi connectivity index (χ3v) is 2.83. The van der Waals surface area contributed by atoms with Gasteiger partial charge in [0.25, 0.3) is 0 Å². The van der Waals surface area contributed by atoms with Crippen LogP contribution in [0.1, 0.15) is 15.9 Å². The minimum absolute atomic E-state index is 0.115. The summed E-state index contributed by atoms with van der Waals surface area (Å²) in [5.74, 6) is -1.46. The number of hydrogen-bond donors (Lipinski definition) is 2. The first-order valence-electron chi connectivity index (χ1n) is 6.32. The van der Waals surface area contributed by atoms with Gasteiger partial charge in [0, 0.05) is 13.6 Å². The van der Waals surface area contributed by atoms with Crippen LogP contribution in [0.5, 0.6) is 0 Å². The van der Waals surface area contributed by atoms with Crippen LogP contribution in [0.25, 0.3) is 0 Å². The molecule has 0 aliphatic carbocycles. The highest BCUT2D eigenvalue weighted by Crippen LogP contribution is 2.04. The molecule has 114 valence electrons. The molecule has 0 bridgehead atoms. The molecule has 0 aromatic heterocycles. The normalized spacial score (nSPS) is 9.81. The Morgan fingerprint density at radius 1 is 1.24 bits per heavy atom. The third-order valence-electron chi connectivity index (χ3n) is 2.83. The minimum atomic E-state index is -0.973. The molecule has 7 nitrogen and oxygen atoms in total. The summed E-state index contributed by atoms with van der Waals surface area (Å²) in [6, 6.07) is 6.07. The zero-order valence-corrected chi connectivity index (χ0v) is 12.0. The molecule has 0 heterocycles. The Labute approximate surface area is 122 Å². The van der Waals surface area contributed by atoms with E-state index in [4.69, 9.17) is 5.11 Å². The number of rotatable bonds is 6. The van der Waals surface area contributed by atoms with Gasteiger partial charge in [-0.25, -0.2) is 9.59 Å². The van der Waals surface area contributed by atoms with Crippen molar-refractivity contribution in [3.8, 4) is 0 Å². The second-order valence-corrected chi connectivity index (χ2v) is 4.42. The van der Waals surface area contributed by atoms with Gasteiger partial charge in [-0.15, -0.1) is 0 Å². The summed E-state index contributed by atoms with van der Waals surface area (Å²) in [5.41, 5.74) is 1.14. The molecule has 0 aliphatic heterocycles. The van der Waals surface area contributed by atoms with Crippen LogP contribution in [0.15, 0.2) is 24.3 Å². The molecular weight excluding hydrogens is 276 g/mol. The maximum Gasteiger partial charge on any atom is 0.335 e. The van der Waals surface area contributed by atoms with Crippen LogP contribution >= 0.6 is 0 Å². The maximum atomic E-state index is 11.7. The predicted octanol–water partition coefficient (Wildman–Crippen LogP) is 0.742. The van der Waals surface area contributed by atoms with Gasteiger partial charge in [-0.05, 0) is 24.1 Å². The number of urea groups is 1. The molecule has 2 amide bonds. The van der Waals surface area contributed by atoms with Crippen LogP contribution in [-0.2, 0) is 16.0 Å². The molecule has 0 radical (unpaired) electrons. The monoisotopic (exact) mass is 294 g/mol. The Hall–Kier alpha value is -2.57. The predicted molar refractivity (Wildman–Crippen MR) is 75.2 cm³/mol. The number of nitrogens with one attached hydrogen (secondary N) is 1. The van der Waals surface area contributed by atoms with Crippen molar-refractivity contribution in [2.45, 2.75) is 6.42 Å². The van der Waals surface area contributed by atoms with Crippen molar-refractivity contribution < 1.29 is 24.2 Å². The van der Waals surface area contributed by atoms with Crippen molar-refractivity contribution in [1.29, 1.82) is 0 Å². The van der Waals surface area contributed by atoms with E-state index in [-0.39, 0.29) is 18.1 Å². The van der Waals surface area contributed by atoms with Crippen molar-refractivity contribution >= 4 is 18.0 Å². The lowest BCUT2D eigenvalue weighted by Gasteiger charge is -2.16. The Morgan fingerprint density at radius 2 is 1.86 bits per heavy atom. The van der Waals surface area contributed by atoms with Gasteiger partial charge in [0.2, 0.25) is 0 Å². The standard InChI is InChI=1S/C14H18N2O5/c1-16(9-12(17)21-2)14(20)15-8-7-10-3-5-11(6-4-10)13(18)19/h3-6H,7-9H2,1-2H3,(H,15,20)(H,18,19). The highest BCUT2D eigenvalue weighted by molar-refractivity contribution is 5.87. The molecule has 1 aromatic carbocycles. The lowest BCUT2D eigenvalue weighted by molar-refractivity contribution is -0.141. The van der Waals surface area contributed by atoms with Crippen molar-refractivity contribution in [3.63, 3.8) is 0 Å². The molecule has 2 N–H and O–H groups in total. The minimum Gasteiger partial charge on any atom is -0.478 e. The molecule has 0 atom stereocenters. The fraction of sp³-hybridized carbons (Fsp3) is 0.357. The van der Waals surface area contributed by atoms with Crippen LogP contribution in [0, 0.1) is 0 Å². The lowest BCUT2D eigenvalue weighted by atomic mass is 10.1. The average Bonchev–Trinajstić information content (AvgIpc) is 2.47. The number of nitrogens with zero attached hydrogens (tertiary/aromatic N) is 1. The largest absolute Gasteiger partial charge is 0.478 e. The number of carbonyl (C=O) groups excluding carboxylic acids is 2. The van der Waals surface area contributed by atoms with E-state index in [0.717, 1.165) is 5.56 Å². The summed E-state index contributed by atoms with van der Waals surface area (Å²) in [4.78, 5) is 34.6. The molecular formula is C14H18N2O5. The highest BCUT2D eigenvalue weighted by atomic mass is 16.5. The Kier molecular flexibility index (Phi) is 6.19. The summed E-state index contributed by atoms with van der Waals surface area (Å²) in [5, 5.41) is 11.4. The van der Waals surface area contributed by atoms with Gasteiger partial charge in [0.15, 0.2) is 0 Å². The number of methoxy groups -OCH3 is 1. The van der Waals surface area contributed by atoms with Crippen LogP contribution in [0.2, 0.25) is 0 Å². The molecule has 0 saturated carbocycles. The van der Waals surface area contributed by atoms with Gasteiger partial charge in [-0.3, -0.25) is 4.79 Å². The number of amides is 2. The maximum absolute atomic E-state index is 11.7. The summed E-state index contributed by atoms with van der Waals surface area (Å²) in [6.45, 7) is 0.270. The van der Waals surface area contributed by atoms with Gasteiger partial charge in [0.05, 0.1) is 12.7 Å². The van der Waals surface area contributed by atoms with E-state index in [1.54, 1.807) is 12.1 Å². The van der Waals surface area contributed by atoms with Crippen molar-refractivity contribution in [2.75, 3.05) is 27.2 Å². The fourth-order valence-electron chi connectivity index (χ4n) is 1.59. The number of benzene rings is 1. The van der Waals surface area contributed by atoms with E-state index < -0.39 is 11.9 Å². The third kappa shape index (κ3) is 5.52. The van der Waals surface area contributed by atoms with Gasteiger partial charge < -0.3 is 20.1 Å². The highest BCUT2D eigenvalue weighted by Gasteiger charge is 2.12. The molecule has 21 heavy (non-hydrogen) atoms. The molecule has 0 spiro atoms. The first kappa shape index (κ1) is 16.5. The zero-order chi connectivity index (χ0) is 15.8. The van der Waals surface area contributed by atoms with Crippen LogP contribution in [0.3, 0.4) is 0 Å². The summed E-state index contributed by atoms with van der Waals surface area (Å²) in [6.07, 6.45) is 0.567. The van der Waals surface area contributed by atoms with E-state index in [2.05, 4.69) is 10.1 Å². The van der Waals surface area contributed by atoms with E-state index in [1.807, 2.05) is 0 Å². The topological polar surface area (TPSA) is 95.9 Å². The molecule has 0 aliphatic rings. The molecule has 1 aromatic rings. The van der Waals surface area contributed by atoms with Crippen molar-refractivity contribution in [2.24, 2.45) is 0 Å². The number of carbonyl (C=O) groups is 3. The Bertz CT molecular complexity index is 513. The molecule has 0 saturated heterocycles. The van der Waals surface area contributed by atoms with E-state index in [1.165, 1.54) is 31.2 Å². The number of aromatic carboxylic acids is 1. The Balaban J connectivity index is 2.37. The molecule has 1 rings (SSSR count). The first-order chi connectivity index (χ1) is 9.93. The average molecular weight is 294 g/mol. The summed E-state index contributed by atoms with van der Waals surface area (Å²) >= 11 is 0. The van der Waals surface area contributed by atoms with Crippen molar-refractivity contribution in [1.82, 2.24) is 10.2 Å². The van der Waals surface area contributed by atoms with E-state index in [0.29, 0.717) is 13.0 Å². The smallest absolute Gasteiger partial charge is 0.335 e. The quantitative estimate of drug-likeness (QED) is 0.754. The van der Waals surface area contributed by atoms with E-state index in [9.17, 15) is 14.4 Å². The molecule has 7 heteroatoms. The van der Waals surface area contributed by atoms with Crippen LogP contribution in [-0.4, -0.2) is 55.2 Å². The summed E-state index contributed by atoms with van der Waals surface area (Å²) in [7, 11) is 2.75. The summed E-state index contributed by atoms with van der Waals surface area (Å²) < 4.78 is 4.47. The van der Waals surface area contributed by atoms with Crippen LogP contribution in [0.4, 0.5) is 4.79 Å². The fourth-order valence-corrected chi connectivity index (χ4v) is 1.59. The first-order valence-corrected chi connectivity index (χ1v) is 6.32. The van der Waals surface area contributed by atoms with Gasteiger partial charge in [-0.2, -0.15) is 0 Å². The SMILES string of the molecule is COC(=O)CN(C)C(=O)NCCc1ccc(C(=O)O)cc1. The van der Waals surface area contributed by atoms with Gasteiger partial charge in [0.1, 0.15) is 6.54 Å². The number of ether oxygens (including phenoxy) is 1. The second-order valence-electron chi connectivity index (χ2n) is 4.42. The van der Waals surface area contributed by atoms with Crippen molar-refractivity contribution in [3.05, 3.63) is 35.4 Å². The van der Waals surface area contributed by atoms with Crippen LogP contribution < -0.4 is 5.32 Å². The van der Waals surface area contributed by atoms with Gasteiger partial charge >= 0.3 is 18.0 Å². The number of carboxylic acid groups (broad SMARTS) is 1. The Morgan fingerprint density at radius 3 is 2.38 bits per heavy atom. The number of carboxylic acids is 1. The number of likely N-dealkylation sites (N-methyl/N-ethyl adjacent to an activating group) is 1. The van der Waals surface area contributed by atoms with E-state index >= 15 is 0 Å². The zero-order valence-electron chi connectivity index (χ0n) is 12.0. The number of esters is 1. The lowest BCUT2D eigenvalue weighted by Crippen LogP contribution is -2.41.